The lowest BCUT2D eigenvalue weighted by atomic mass is 9.87. The maximum Gasteiger partial charge on any atom is 0.236 e. The highest BCUT2D eigenvalue weighted by Gasteiger charge is 2.32. The van der Waals surface area contributed by atoms with Crippen LogP contribution in [-0.4, -0.2) is 56.1 Å². The molecule has 2 heterocycles. The van der Waals surface area contributed by atoms with Gasteiger partial charge < -0.3 is 14.4 Å². The van der Waals surface area contributed by atoms with Crippen molar-refractivity contribution in [2.45, 2.75) is 25.3 Å². The van der Waals surface area contributed by atoms with Gasteiger partial charge in [0.2, 0.25) is 5.91 Å². The van der Waals surface area contributed by atoms with Crippen LogP contribution in [0.1, 0.15) is 35.6 Å². The first-order chi connectivity index (χ1) is 13.7. The second kappa shape index (κ2) is 8.23. The first-order valence-electron chi connectivity index (χ1n) is 10.0. The number of carbonyl (C=O) groups is 1. The SMILES string of the molecule is COc1cc2c(cc1OC)[C@@H](c1ccccc1)N(CC(=O)N1CCCC1)CC2. The van der Waals surface area contributed by atoms with E-state index in [4.69, 9.17) is 9.47 Å². The van der Waals surface area contributed by atoms with Crippen molar-refractivity contribution in [2.75, 3.05) is 40.4 Å². The minimum Gasteiger partial charge on any atom is -0.493 e. The highest BCUT2D eigenvalue weighted by Crippen LogP contribution is 2.40. The van der Waals surface area contributed by atoms with Crippen LogP contribution in [0.4, 0.5) is 0 Å². The molecular formula is C23H28N2O3. The predicted octanol–water partition coefficient (Wildman–Crippen LogP) is 3.27. The molecule has 0 saturated carbocycles. The molecule has 5 heteroatoms. The zero-order chi connectivity index (χ0) is 19.5. The second-order valence-electron chi connectivity index (χ2n) is 7.53. The van der Waals surface area contributed by atoms with Gasteiger partial charge in [-0.25, -0.2) is 0 Å². The Balaban J connectivity index is 1.71. The van der Waals surface area contributed by atoms with Gasteiger partial charge in [0.1, 0.15) is 0 Å². The Morgan fingerprint density at radius 2 is 1.68 bits per heavy atom. The topological polar surface area (TPSA) is 42.0 Å². The Morgan fingerprint density at radius 1 is 1.00 bits per heavy atom. The van der Waals surface area contributed by atoms with Crippen molar-refractivity contribution in [3.63, 3.8) is 0 Å². The van der Waals surface area contributed by atoms with Crippen LogP contribution < -0.4 is 9.47 Å². The van der Waals surface area contributed by atoms with E-state index in [2.05, 4.69) is 41.3 Å². The second-order valence-corrected chi connectivity index (χ2v) is 7.53. The summed E-state index contributed by atoms with van der Waals surface area (Å²) < 4.78 is 11.1. The molecule has 0 unspecified atom stereocenters. The van der Waals surface area contributed by atoms with Gasteiger partial charge in [0, 0.05) is 19.6 Å². The van der Waals surface area contributed by atoms with Crippen molar-refractivity contribution in [3.05, 3.63) is 59.2 Å². The summed E-state index contributed by atoms with van der Waals surface area (Å²) in [4.78, 5) is 17.2. The first kappa shape index (κ1) is 18.8. The Labute approximate surface area is 166 Å². The van der Waals surface area contributed by atoms with E-state index in [1.165, 1.54) is 16.7 Å². The van der Waals surface area contributed by atoms with Gasteiger partial charge in [-0.3, -0.25) is 9.69 Å². The van der Waals surface area contributed by atoms with Crippen LogP contribution in [0.25, 0.3) is 0 Å². The van der Waals surface area contributed by atoms with Crippen LogP contribution in [0.3, 0.4) is 0 Å². The van der Waals surface area contributed by atoms with E-state index in [9.17, 15) is 4.79 Å². The molecule has 2 aliphatic heterocycles. The lowest BCUT2D eigenvalue weighted by molar-refractivity contribution is -0.131. The summed E-state index contributed by atoms with van der Waals surface area (Å²) >= 11 is 0. The molecule has 2 aliphatic rings. The van der Waals surface area contributed by atoms with Crippen molar-refractivity contribution >= 4 is 5.91 Å². The van der Waals surface area contributed by atoms with Crippen LogP contribution >= 0.6 is 0 Å². The first-order valence-corrected chi connectivity index (χ1v) is 10.0. The largest absolute Gasteiger partial charge is 0.493 e. The number of nitrogens with zero attached hydrogens (tertiary/aromatic N) is 2. The van der Waals surface area contributed by atoms with Crippen LogP contribution in [0.2, 0.25) is 0 Å². The minimum atomic E-state index is 0.0382. The average molecular weight is 380 g/mol. The lowest BCUT2D eigenvalue weighted by Crippen LogP contribution is -2.44. The maximum absolute atomic E-state index is 12.9. The fourth-order valence-corrected chi connectivity index (χ4v) is 4.43. The summed E-state index contributed by atoms with van der Waals surface area (Å²) in [5, 5.41) is 0. The van der Waals surface area contributed by atoms with Crippen molar-refractivity contribution in [3.8, 4) is 11.5 Å². The molecule has 2 aromatic rings. The van der Waals surface area contributed by atoms with Gasteiger partial charge in [0.25, 0.3) is 0 Å². The number of benzene rings is 2. The summed E-state index contributed by atoms with van der Waals surface area (Å²) in [6, 6.07) is 14.6. The normalized spacial score (nSPS) is 19.4. The van der Waals surface area contributed by atoms with E-state index in [0.717, 1.165) is 50.4 Å². The fraction of sp³-hybridized carbons (Fsp3) is 0.435. The Kier molecular flexibility index (Phi) is 5.53. The van der Waals surface area contributed by atoms with Gasteiger partial charge in [-0.2, -0.15) is 0 Å². The molecule has 0 aliphatic carbocycles. The van der Waals surface area contributed by atoms with Crippen molar-refractivity contribution < 1.29 is 14.3 Å². The molecule has 28 heavy (non-hydrogen) atoms. The third-order valence-electron chi connectivity index (χ3n) is 5.89. The Bertz CT molecular complexity index is 831. The smallest absolute Gasteiger partial charge is 0.236 e. The molecule has 1 atom stereocenters. The number of fused-ring (bicyclic) bond motifs is 1. The molecule has 5 nitrogen and oxygen atoms in total. The molecular weight excluding hydrogens is 352 g/mol. The number of methoxy groups -OCH3 is 2. The predicted molar refractivity (Wildman–Crippen MR) is 109 cm³/mol. The number of rotatable bonds is 5. The van der Waals surface area contributed by atoms with E-state index < -0.39 is 0 Å². The third-order valence-corrected chi connectivity index (χ3v) is 5.89. The van der Waals surface area contributed by atoms with Gasteiger partial charge in [0.05, 0.1) is 26.8 Å². The van der Waals surface area contributed by atoms with Gasteiger partial charge in [0.15, 0.2) is 11.5 Å². The summed E-state index contributed by atoms with van der Waals surface area (Å²) in [7, 11) is 3.34. The molecule has 148 valence electrons. The highest BCUT2D eigenvalue weighted by molar-refractivity contribution is 5.78. The number of carbonyl (C=O) groups excluding carboxylic acids is 1. The quantitative estimate of drug-likeness (QED) is 0.798. The molecule has 1 amide bonds. The van der Waals surface area contributed by atoms with E-state index in [0.29, 0.717) is 6.54 Å². The van der Waals surface area contributed by atoms with Gasteiger partial charge in [-0.05, 0) is 48.1 Å². The highest BCUT2D eigenvalue weighted by atomic mass is 16.5. The van der Waals surface area contributed by atoms with Gasteiger partial charge in [-0.1, -0.05) is 30.3 Å². The standard InChI is InChI=1S/C23H28N2O3/c1-27-20-14-18-10-13-25(16-22(26)24-11-6-7-12-24)23(17-8-4-3-5-9-17)19(18)15-21(20)28-2/h3-5,8-9,14-15,23H,6-7,10-13,16H2,1-2H3/t23-/m1/s1. The summed E-state index contributed by atoms with van der Waals surface area (Å²) in [5.41, 5.74) is 3.66. The van der Waals surface area contributed by atoms with Crippen molar-refractivity contribution in [1.82, 2.24) is 9.80 Å². The van der Waals surface area contributed by atoms with Crippen molar-refractivity contribution in [1.29, 1.82) is 0 Å². The van der Waals surface area contributed by atoms with E-state index >= 15 is 0 Å². The van der Waals surface area contributed by atoms with Gasteiger partial charge >= 0.3 is 0 Å². The van der Waals surface area contributed by atoms with Crippen LogP contribution in [0.5, 0.6) is 11.5 Å². The molecule has 0 aromatic heterocycles. The molecule has 4 rings (SSSR count). The van der Waals surface area contributed by atoms with E-state index in [1.807, 2.05) is 11.0 Å². The van der Waals surface area contributed by atoms with E-state index in [1.54, 1.807) is 14.2 Å². The lowest BCUT2D eigenvalue weighted by Gasteiger charge is -2.38. The maximum atomic E-state index is 12.9. The molecule has 0 radical (unpaired) electrons. The number of amides is 1. The van der Waals surface area contributed by atoms with Crippen LogP contribution in [0.15, 0.2) is 42.5 Å². The van der Waals surface area contributed by atoms with Crippen LogP contribution in [0, 0.1) is 0 Å². The molecule has 0 spiro atoms. The number of ether oxygens (including phenoxy) is 2. The van der Waals surface area contributed by atoms with Crippen LogP contribution in [-0.2, 0) is 11.2 Å². The Hall–Kier alpha value is -2.53. The monoisotopic (exact) mass is 380 g/mol. The summed E-state index contributed by atoms with van der Waals surface area (Å²) in [5.74, 6) is 1.73. The Morgan fingerprint density at radius 3 is 2.36 bits per heavy atom. The fourth-order valence-electron chi connectivity index (χ4n) is 4.43. The summed E-state index contributed by atoms with van der Waals surface area (Å²) in [6.07, 6.45) is 3.13. The summed E-state index contributed by atoms with van der Waals surface area (Å²) in [6.45, 7) is 3.09. The molecule has 0 bridgehead atoms. The van der Waals surface area contributed by atoms with Crippen molar-refractivity contribution in [2.24, 2.45) is 0 Å². The number of likely N-dealkylation sites (tertiary alicyclic amines) is 1. The zero-order valence-electron chi connectivity index (χ0n) is 16.7. The number of hydrogen-bond donors (Lipinski definition) is 0. The van der Waals surface area contributed by atoms with E-state index in [-0.39, 0.29) is 11.9 Å². The number of hydrogen-bond acceptors (Lipinski definition) is 4. The molecule has 2 aromatic carbocycles. The molecule has 0 N–H and O–H groups in total. The average Bonchev–Trinajstić information content (AvgIpc) is 3.28. The van der Waals surface area contributed by atoms with Gasteiger partial charge in [-0.15, -0.1) is 0 Å². The molecule has 1 fully saturated rings. The molecule has 1 saturated heterocycles. The third kappa shape index (κ3) is 3.59. The zero-order valence-corrected chi connectivity index (χ0v) is 16.7. The minimum absolute atomic E-state index is 0.0382.